The van der Waals surface area contributed by atoms with Crippen molar-refractivity contribution in [3.8, 4) is 0 Å². The number of anilines is 1. The van der Waals surface area contributed by atoms with Gasteiger partial charge < -0.3 is 26.7 Å². The van der Waals surface area contributed by atoms with Crippen LogP contribution in [0.25, 0.3) is 0 Å². The number of pyridine rings is 1. The Bertz CT molecular complexity index is 1280. The minimum atomic E-state index is -1.23. The number of nitrogens with two attached hydrogens (primary N) is 2. The molecule has 12 nitrogen and oxygen atoms in total. The van der Waals surface area contributed by atoms with Gasteiger partial charge in [0.2, 0.25) is 0 Å². The summed E-state index contributed by atoms with van der Waals surface area (Å²) in [5, 5.41) is 16.4. The van der Waals surface area contributed by atoms with Crippen molar-refractivity contribution < 1.29 is 24.3 Å². The second kappa shape index (κ2) is 10.8. The minimum absolute atomic E-state index is 0.0281. The van der Waals surface area contributed by atoms with E-state index in [1.165, 1.54) is 23.8 Å². The van der Waals surface area contributed by atoms with Crippen molar-refractivity contribution in [3.05, 3.63) is 44.7 Å². The molecule has 0 aromatic carbocycles. The van der Waals surface area contributed by atoms with Crippen molar-refractivity contribution in [1.29, 1.82) is 0 Å². The average Bonchev–Trinajstić information content (AvgIpc) is 3.18. The standard InChI is InChI=1S/C21H22ClN7O5S2/c1-34-28-15(14-17(22)36-21(24)27-14)18(30)26-13-10-4-5-12(16(20(32)33)29(10)19(13)31)35-11-3-2-8-25-9(11)6-7-23/h2-3,8,10,13H,4-7,23H2,1H3,(H2,24,27)(H,26,30)(H,32,33)/b28-15-/t10-,13+/m1/s1. The smallest absolute Gasteiger partial charge is 0.353 e. The highest BCUT2D eigenvalue weighted by atomic mass is 35.5. The molecule has 0 bridgehead atoms. The summed E-state index contributed by atoms with van der Waals surface area (Å²) in [6.07, 6.45) is 3.04. The van der Waals surface area contributed by atoms with Crippen LogP contribution in [0.15, 0.2) is 39.0 Å². The molecule has 2 amide bonds. The molecule has 1 saturated heterocycles. The van der Waals surface area contributed by atoms with Gasteiger partial charge in [0.25, 0.3) is 11.8 Å². The zero-order valence-electron chi connectivity index (χ0n) is 18.9. The third kappa shape index (κ3) is 4.89. The fraction of sp³-hybridized carbons (Fsp3) is 0.333. The summed E-state index contributed by atoms with van der Waals surface area (Å²) in [5.41, 5.74) is 11.8. The Morgan fingerprint density at radius 3 is 2.89 bits per heavy atom. The number of carbonyl (C=O) groups is 3. The monoisotopic (exact) mass is 551 g/mol. The maximum atomic E-state index is 13.0. The molecule has 4 rings (SSSR count). The molecule has 0 unspecified atom stereocenters. The van der Waals surface area contributed by atoms with E-state index < -0.39 is 29.9 Å². The summed E-state index contributed by atoms with van der Waals surface area (Å²) in [6, 6.07) is 2.13. The van der Waals surface area contributed by atoms with Gasteiger partial charge in [-0.2, -0.15) is 0 Å². The molecule has 2 atom stereocenters. The largest absolute Gasteiger partial charge is 0.477 e. The van der Waals surface area contributed by atoms with Crippen LogP contribution in [-0.2, 0) is 25.6 Å². The number of hydrogen-bond acceptors (Lipinski definition) is 11. The van der Waals surface area contributed by atoms with Crippen molar-refractivity contribution in [1.82, 2.24) is 20.2 Å². The predicted octanol–water partition coefficient (Wildman–Crippen LogP) is 1.20. The molecule has 15 heteroatoms. The fourth-order valence-electron chi connectivity index (χ4n) is 4.06. The number of thioether (sulfide) groups is 1. The molecule has 0 radical (unpaired) electrons. The number of aliphatic carboxylic acids is 1. The van der Waals surface area contributed by atoms with Crippen LogP contribution in [-0.4, -0.2) is 69.2 Å². The van der Waals surface area contributed by atoms with Gasteiger partial charge in [-0.1, -0.05) is 39.9 Å². The van der Waals surface area contributed by atoms with E-state index in [2.05, 4.69) is 20.4 Å². The highest BCUT2D eigenvalue weighted by Gasteiger charge is 2.54. The van der Waals surface area contributed by atoms with Crippen LogP contribution in [0.5, 0.6) is 0 Å². The zero-order chi connectivity index (χ0) is 26.0. The zero-order valence-corrected chi connectivity index (χ0v) is 21.3. The first-order chi connectivity index (χ1) is 17.3. The van der Waals surface area contributed by atoms with Gasteiger partial charge in [-0.05, 0) is 31.5 Å². The van der Waals surface area contributed by atoms with Crippen LogP contribution in [0.4, 0.5) is 5.13 Å². The van der Waals surface area contributed by atoms with Crippen molar-refractivity contribution in [2.45, 2.75) is 36.2 Å². The molecular formula is C21H22ClN7O5S2. The highest BCUT2D eigenvalue weighted by Crippen LogP contribution is 2.43. The number of rotatable bonds is 9. The van der Waals surface area contributed by atoms with Crippen LogP contribution in [0.1, 0.15) is 24.2 Å². The number of oxime groups is 1. The maximum absolute atomic E-state index is 13.0. The molecule has 2 aromatic rings. The molecule has 36 heavy (non-hydrogen) atoms. The van der Waals surface area contributed by atoms with Gasteiger partial charge in [-0.3, -0.25) is 19.5 Å². The molecule has 190 valence electrons. The highest BCUT2D eigenvalue weighted by molar-refractivity contribution is 8.03. The molecule has 0 aliphatic carbocycles. The molecule has 4 heterocycles. The Morgan fingerprint density at radius 1 is 1.47 bits per heavy atom. The molecule has 2 aliphatic heterocycles. The molecular weight excluding hydrogens is 530 g/mol. The first kappa shape index (κ1) is 25.9. The lowest BCUT2D eigenvalue weighted by Crippen LogP contribution is -2.72. The van der Waals surface area contributed by atoms with Crippen LogP contribution in [0, 0.1) is 0 Å². The molecule has 1 fully saturated rings. The number of carbonyl (C=O) groups excluding carboxylic acids is 2. The Morgan fingerprint density at radius 2 is 2.25 bits per heavy atom. The topological polar surface area (TPSA) is 186 Å². The molecule has 0 saturated carbocycles. The molecule has 2 aromatic heterocycles. The van der Waals surface area contributed by atoms with Gasteiger partial charge in [-0.15, -0.1) is 0 Å². The fourth-order valence-corrected chi connectivity index (χ4v) is 6.17. The van der Waals surface area contributed by atoms with Gasteiger partial charge in [0.15, 0.2) is 10.8 Å². The molecule has 2 aliphatic rings. The van der Waals surface area contributed by atoms with Crippen molar-refractivity contribution in [3.63, 3.8) is 0 Å². The Kier molecular flexibility index (Phi) is 7.78. The Labute approximate surface area is 218 Å². The second-order valence-electron chi connectivity index (χ2n) is 7.73. The third-order valence-corrected chi connectivity index (χ3v) is 7.89. The van der Waals surface area contributed by atoms with E-state index >= 15 is 0 Å². The number of amides is 2. The number of carboxylic acid groups (broad SMARTS) is 1. The first-order valence-corrected chi connectivity index (χ1v) is 12.7. The molecule has 0 spiro atoms. The number of nitrogens with zero attached hydrogens (tertiary/aromatic N) is 4. The van der Waals surface area contributed by atoms with Crippen molar-refractivity contribution in [2.24, 2.45) is 10.9 Å². The maximum Gasteiger partial charge on any atom is 0.353 e. The number of fused-ring (bicyclic) bond motifs is 1. The van der Waals surface area contributed by atoms with Crippen molar-refractivity contribution >= 4 is 63.3 Å². The average molecular weight is 552 g/mol. The number of β-lactam (4-membered cyclic amide) rings is 1. The van der Waals surface area contributed by atoms with E-state index in [1.54, 1.807) is 12.3 Å². The van der Waals surface area contributed by atoms with E-state index in [9.17, 15) is 19.5 Å². The van der Waals surface area contributed by atoms with E-state index in [0.29, 0.717) is 30.7 Å². The number of nitrogen functional groups attached to an aromatic ring is 1. The summed E-state index contributed by atoms with van der Waals surface area (Å²) in [4.78, 5) is 53.8. The molecule has 6 N–H and O–H groups in total. The van der Waals surface area contributed by atoms with Gasteiger partial charge in [0, 0.05) is 22.4 Å². The van der Waals surface area contributed by atoms with Gasteiger partial charge in [-0.25, -0.2) is 9.78 Å². The van der Waals surface area contributed by atoms with Crippen molar-refractivity contribution in [2.75, 3.05) is 19.4 Å². The lowest BCUT2D eigenvalue weighted by molar-refractivity contribution is -0.155. The number of halogens is 1. The quantitative estimate of drug-likeness (QED) is 0.200. The van der Waals surface area contributed by atoms with Crippen LogP contribution in [0.2, 0.25) is 4.34 Å². The normalized spacial score (nSPS) is 19.6. The summed E-state index contributed by atoms with van der Waals surface area (Å²) in [5.74, 6) is -2.52. The number of thiazole rings is 1. The lowest BCUT2D eigenvalue weighted by Gasteiger charge is -2.50. The SMILES string of the molecule is CO/N=C(\C(=O)N[C@@H]1C(=O)N2C(C(=O)O)=C(Sc3cccnc3CCN)CC[C@H]12)c1nc(N)sc1Cl. The Balaban J connectivity index is 1.56. The Hall–Kier alpha value is -3.20. The first-order valence-electron chi connectivity index (χ1n) is 10.7. The van der Waals surface area contributed by atoms with Gasteiger partial charge >= 0.3 is 5.97 Å². The van der Waals surface area contributed by atoms with E-state index in [4.69, 9.17) is 27.9 Å². The van der Waals surface area contributed by atoms with E-state index in [-0.39, 0.29) is 26.6 Å². The number of nitrogens with one attached hydrogen (secondary N) is 1. The predicted molar refractivity (Wildman–Crippen MR) is 134 cm³/mol. The summed E-state index contributed by atoms with van der Waals surface area (Å²) in [6.45, 7) is 0.399. The number of carboxylic acids is 1. The van der Waals surface area contributed by atoms with Crippen LogP contribution >= 0.6 is 34.7 Å². The number of aromatic nitrogens is 2. The summed E-state index contributed by atoms with van der Waals surface area (Å²) < 4.78 is 0.139. The van der Waals surface area contributed by atoms with Gasteiger partial charge in [0.05, 0.1) is 11.7 Å². The van der Waals surface area contributed by atoms with E-state index in [1.807, 2.05) is 6.07 Å². The number of hydrogen-bond donors (Lipinski definition) is 4. The van der Waals surface area contributed by atoms with Gasteiger partial charge in [0.1, 0.15) is 28.9 Å². The summed E-state index contributed by atoms with van der Waals surface area (Å²) >= 11 is 8.34. The summed E-state index contributed by atoms with van der Waals surface area (Å²) in [7, 11) is 1.25. The number of allylic oxidation sites excluding steroid dienone is 1. The lowest BCUT2D eigenvalue weighted by atomic mass is 9.86. The third-order valence-electron chi connectivity index (χ3n) is 5.57. The van der Waals surface area contributed by atoms with Crippen LogP contribution in [0.3, 0.4) is 0 Å². The van der Waals surface area contributed by atoms with E-state index in [0.717, 1.165) is 21.9 Å². The van der Waals surface area contributed by atoms with Crippen LogP contribution < -0.4 is 16.8 Å². The minimum Gasteiger partial charge on any atom is -0.477 e. The second-order valence-corrected chi connectivity index (χ2v) is 10.5.